The summed E-state index contributed by atoms with van der Waals surface area (Å²) in [6, 6.07) is 3.97. The monoisotopic (exact) mass is 281 g/mol. The molecule has 1 unspecified atom stereocenters. The van der Waals surface area contributed by atoms with Crippen LogP contribution in [0.15, 0.2) is 12.1 Å². The van der Waals surface area contributed by atoms with Crippen molar-refractivity contribution in [1.82, 2.24) is 5.32 Å². The number of ether oxygens (including phenoxy) is 2. The zero-order valence-corrected chi connectivity index (χ0v) is 12.2. The van der Waals surface area contributed by atoms with Gasteiger partial charge in [0.2, 0.25) is 0 Å². The molecule has 0 spiro atoms. The zero-order valence-electron chi connectivity index (χ0n) is 11.5. The molecule has 0 aliphatic carbocycles. The van der Waals surface area contributed by atoms with Gasteiger partial charge in [-0.1, -0.05) is 25.4 Å². The lowest BCUT2D eigenvalue weighted by atomic mass is 9.97. The molecule has 104 valence electrons. The number of rotatable bonds is 1. The number of halogens is 1. The van der Waals surface area contributed by atoms with Gasteiger partial charge in [-0.2, -0.15) is 0 Å². The highest BCUT2D eigenvalue weighted by Gasteiger charge is 2.27. The molecule has 1 fully saturated rings. The van der Waals surface area contributed by atoms with Gasteiger partial charge in [-0.05, 0) is 30.5 Å². The van der Waals surface area contributed by atoms with Crippen molar-refractivity contribution in [2.75, 3.05) is 26.3 Å². The summed E-state index contributed by atoms with van der Waals surface area (Å²) in [4.78, 5) is 0. The van der Waals surface area contributed by atoms with Crippen LogP contribution in [0.25, 0.3) is 0 Å². The van der Waals surface area contributed by atoms with Gasteiger partial charge in [0.15, 0.2) is 11.5 Å². The van der Waals surface area contributed by atoms with Crippen LogP contribution >= 0.6 is 11.6 Å². The summed E-state index contributed by atoms with van der Waals surface area (Å²) in [7, 11) is 0. The molecule has 3 nitrogen and oxygen atoms in total. The van der Waals surface area contributed by atoms with Crippen LogP contribution in [0.4, 0.5) is 0 Å². The highest BCUT2D eigenvalue weighted by atomic mass is 35.5. The molecule has 0 radical (unpaired) electrons. The third-order valence-electron chi connectivity index (χ3n) is 3.80. The fraction of sp³-hybridized carbons (Fsp3) is 0.600. The maximum absolute atomic E-state index is 6.40. The van der Waals surface area contributed by atoms with Gasteiger partial charge in [0, 0.05) is 23.0 Å². The van der Waals surface area contributed by atoms with Crippen molar-refractivity contribution in [3.63, 3.8) is 0 Å². The summed E-state index contributed by atoms with van der Waals surface area (Å²) >= 11 is 6.40. The Labute approximate surface area is 119 Å². The molecule has 1 aromatic carbocycles. The summed E-state index contributed by atoms with van der Waals surface area (Å²) in [6.45, 7) is 7.66. The molecule has 2 aliphatic rings. The molecule has 2 heterocycles. The normalized spacial score (nSPS) is 25.1. The van der Waals surface area contributed by atoms with Gasteiger partial charge in [0.05, 0.1) is 13.2 Å². The van der Waals surface area contributed by atoms with Crippen molar-refractivity contribution < 1.29 is 9.47 Å². The van der Waals surface area contributed by atoms with Crippen LogP contribution < -0.4 is 14.8 Å². The van der Waals surface area contributed by atoms with Crippen molar-refractivity contribution in [3.05, 3.63) is 22.7 Å². The first-order valence-corrected chi connectivity index (χ1v) is 7.23. The van der Waals surface area contributed by atoms with Crippen molar-refractivity contribution in [3.8, 4) is 11.5 Å². The van der Waals surface area contributed by atoms with Gasteiger partial charge in [-0.25, -0.2) is 0 Å². The molecule has 1 saturated heterocycles. The fourth-order valence-corrected chi connectivity index (χ4v) is 2.91. The molecular formula is C15H20ClNO2. The maximum Gasteiger partial charge on any atom is 0.162 e. The highest BCUT2D eigenvalue weighted by Crippen LogP contribution is 2.40. The Hall–Kier alpha value is -0.930. The molecule has 0 aromatic heterocycles. The summed E-state index contributed by atoms with van der Waals surface area (Å²) in [5.41, 5.74) is 1.20. The topological polar surface area (TPSA) is 30.5 Å². The first kappa shape index (κ1) is 13.1. The summed E-state index contributed by atoms with van der Waals surface area (Å²) in [5.74, 6) is 2.08. The van der Waals surface area contributed by atoms with E-state index in [2.05, 4.69) is 25.2 Å². The van der Waals surface area contributed by atoms with E-state index in [-0.39, 0.29) is 5.41 Å². The van der Waals surface area contributed by atoms with E-state index in [0.29, 0.717) is 19.1 Å². The van der Waals surface area contributed by atoms with Crippen molar-refractivity contribution in [2.24, 2.45) is 5.41 Å². The minimum absolute atomic E-state index is 0.0283. The SMILES string of the molecule is CC1(C)COc2cc(Cl)c(C3CCNC3)cc2OC1. The molecule has 0 amide bonds. The number of benzene rings is 1. The number of fused-ring (bicyclic) bond motifs is 1. The van der Waals surface area contributed by atoms with E-state index in [0.717, 1.165) is 36.0 Å². The van der Waals surface area contributed by atoms with Crippen LogP contribution in [-0.4, -0.2) is 26.3 Å². The van der Waals surface area contributed by atoms with Crippen molar-refractivity contribution >= 4 is 11.6 Å². The average Bonchev–Trinajstić information content (AvgIpc) is 2.84. The third-order valence-corrected chi connectivity index (χ3v) is 4.13. The Morgan fingerprint density at radius 1 is 1.21 bits per heavy atom. The van der Waals surface area contributed by atoms with Crippen molar-refractivity contribution in [2.45, 2.75) is 26.2 Å². The fourth-order valence-electron chi connectivity index (χ4n) is 2.60. The molecule has 4 heteroatoms. The highest BCUT2D eigenvalue weighted by molar-refractivity contribution is 6.31. The van der Waals surface area contributed by atoms with Crippen LogP contribution in [0.3, 0.4) is 0 Å². The Bertz CT molecular complexity index is 481. The van der Waals surface area contributed by atoms with E-state index in [1.807, 2.05) is 6.07 Å². The maximum atomic E-state index is 6.40. The molecule has 2 aliphatic heterocycles. The first-order chi connectivity index (χ1) is 9.05. The van der Waals surface area contributed by atoms with Gasteiger partial charge in [0.25, 0.3) is 0 Å². The van der Waals surface area contributed by atoms with E-state index < -0.39 is 0 Å². The molecular weight excluding hydrogens is 262 g/mol. The molecule has 0 saturated carbocycles. The lowest BCUT2D eigenvalue weighted by Crippen LogP contribution is -2.26. The minimum Gasteiger partial charge on any atom is -0.489 e. The Balaban J connectivity index is 1.92. The second-order valence-corrected chi connectivity index (χ2v) is 6.66. The van der Waals surface area contributed by atoms with Gasteiger partial charge in [-0.3, -0.25) is 0 Å². The van der Waals surface area contributed by atoms with Crippen molar-refractivity contribution in [1.29, 1.82) is 0 Å². The third kappa shape index (κ3) is 2.67. The molecule has 1 aromatic rings. The van der Waals surface area contributed by atoms with Gasteiger partial charge >= 0.3 is 0 Å². The van der Waals surface area contributed by atoms with Gasteiger partial charge in [0.1, 0.15) is 0 Å². The minimum atomic E-state index is 0.0283. The Morgan fingerprint density at radius 3 is 2.53 bits per heavy atom. The van der Waals surface area contributed by atoms with Crippen LogP contribution in [0.1, 0.15) is 31.7 Å². The first-order valence-electron chi connectivity index (χ1n) is 6.85. The van der Waals surface area contributed by atoms with Crippen LogP contribution in [0.2, 0.25) is 5.02 Å². The number of hydrogen-bond acceptors (Lipinski definition) is 3. The number of nitrogens with one attached hydrogen (secondary N) is 1. The lowest BCUT2D eigenvalue weighted by molar-refractivity contribution is 0.140. The lowest BCUT2D eigenvalue weighted by Gasteiger charge is -2.19. The summed E-state index contributed by atoms with van der Waals surface area (Å²) in [5, 5.41) is 4.16. The predicted molar refractivity (Wildman–Crippen MR) is 76.5 cm³/mol. The van der Waals surface area contributed by atoms with Crippen LogP contribution in [0, 0.1) is 5.41 Å². The average molecular weight is 282 g/mol. The smallest absolute Gasteiger partial charge is 0.162 e. The van der Waals surface area contributed by atoms with E-state index in [1.54, 1.807) is 0 Å². The van der Waals surface area contributed by atoms with Gasteiger partial charge < -0.3 is 14.8 Å². The zero-order chi connectivity index (χ0) is 13.5. The quantitative estimate of drug-likeness (QED) is 0.857. The molecule has 0 bridgehead atoms. The molecule has 1 N–H and O–H groups in total. The Kier molecular flexibility index (Phi) is 3.35. The summed E-state index contributed by atoms with van der Waals surface area (Å²) < 4.78 is 11.8. The molecule has 19 heavy (non-hydrogen) atoms. The Morgan fingerprint density at radius 2 is 1.89 bits per heavy atom. The predicted octanol–water partition coefficient (Wildman–Crippen LogP) is 3.21. The van der Waals surface area contributed by atoms with Crippen LogP contribution in [-0.2, 0) is 0 Å². The summed E-state index contributed by atoms with van der Waals surface area (Å²) in [6.07, 6.45) is 1.13. The van der Waals surface area contributed by atoms with E-state index in [9.17, 15) is 0 Å². The largest absolute Gasteiger partial charge is 0.489 e. The number of hydrogen-bond donors (Lipinski definition) is 1. The molecule has 1 atom stereocenters. The van der Waals surface area contributed by atoms with E-state index >= 15 is 0 Å². The standard InChI is InChI=1S/C15H20ClNO2/c1-15(2)8-18-13-5-11(10-3-4-17-7-10)12(16)6-14(13)19-9-15/h5-6,10,17H,3-4,7-9H2,1-2H3. The van der Waals surface area contributed by atoms with Crippen LogP contribution in [0.5, 0.6) is 11.5 Å². The van der Waals surface area contributed by atoms with Gasteiger partial charge in [-0.15, -0.1) is 0 Å². The second kappa shape index (κ2) is 4.88. The van der Waals surface area contributed by atoms with E-state index in [4.69, 9.17) is 21.1 Å². The molecule has 3 rings (SSSR count). The van der Waals surface area contributed by atoms with E-state index in [1.165, 1.54) is 5.56 Å². The second-order valence-electron chi connectivity index (χ2n) is 6.25.